The van der Waals surface area contributed by atoms with Crippen molar-refractivity contribution in [2.75, 3.05) is 13.1 Å². The van der Waals surface area contributed by atoms with E-state index in [0.717, 1.165) is 31.5 Å². The van der Waals surface area contributed by atoms with Crippen molar-refractivity contribution >= 4 is 0 Å². The molecule has 0 bridgehead atoms. The largest absolute Gasteiger partial charge is 0.416 e. The molecule has 0 aliphatic carbocycles. The maximum absolute atomic E-state index is 12.6. The van der Waals surface area contributed by atoms with Gasteiger partial charge in [-0.1, -0.05) is 12.1 Å². The molecule has 0 aromatic heterocycles. The van der Waals surface area contributed by atoms with E-state index < -0.39 is 11.7 Å². The molecular weight excluding hydrogens is 277 g/mol. The number of rotatable bonds is 3. The Bertz CT molecular complexity index is 446. The molecule has 1 heterocycles. The maximum atomic E-state index is 12.6. The molecule has 1 aromatic rings. The normalized spacial score (nSPS) is 21.2. The second kappa shape index (κ2) is 6.36. The van der Waals surface area contributed by atoms with Crippen molar-refractivity contribution in [3.8, 4) is 0 Å². The lowest BCUT2D eigenvalue weighted by Gasteiger charge is -2.37. The highest BCUT2D eigenvalue weighted by Crippen LogP contribution is 2.32. The molecule has 0 spiro atoms. The fourth-order valence-corrected chi connectivity index (χ4v) is 2.99. The van der Waals surface area contributed by atoms with E-state index >= 15 is 0 Å². The summed E-state index contributed by atoms with van der Waals surface area (Å²) in [4.78, 5) is 2.32. The highest BCUT2D eigenvalue weighted by Gasteiger charge is 2.30. The van der Waals surface area contributed by atoms with Crippen LogP contribution in [-0.2, 0) is 6.18 Å². The second-order valence-corrected chi connectivity index (χ2v) is 6.03. The van der Waals surface area contributed by atoms with Crippen LogP contribution in [0.3, 0.4) is 0 Å². The van der Waals surface area contributed by atoms with Gasteiger partial charge in [-0.2, -0.15) is 13.2 Å². The van der Waals surface area contributed by atoms with Crippen LogP contribution in [0.2, 0.25) is 0 Å². The van der Waals surface area contributed by atoms with Crippen molar-refractivity contribution in [1.29, 1.82) is 0 Å². The molecule has 118 valence electrons. The summed E-state index contributed by atoms with van der Waals surface area (Å²) in [5.41, 5.74) is 6.28. The summed E-state index contributed by atoms with van der Waals surface area (Å²) >= 11 is 0. The molecule has 0 radical (unpaired) electrons. The average Bonchev–Trinajstić information content (AvgIpc) is 2.46. The molecule has 1 aliphatic rings. The van der Waals surface area contributed by atoms with E-state index in [-0.39, 0.29) is 12.1 Å². The zero-order chi connectivity index (χ0) is 15.6. The van der Waals surface area contributed by atoms with Gasteiger partial charge in [0.15, 0.2) is 0 Å². The Morgan fingerprint density at radius 1 is 1.10 bits per heavy atom. The van der Waals surface area contributed by atoms with Gasteiger partial charge in [-0.3, -0.25) is 4.90 Å². The molecular formula is C16H23F3N2. The summed E-state index contributed by atoms with van der Waals surface area (Å²) in [6.07, 6.45) is -2.15. The quantitative estimate of drug-likeness (QED) is 0.919. The first-order valence-electron chi connectivity index (χ1n) is 7.46. The Hall–Kier alpha value is -1.07. The third-order valence-corrected chi connectivity index (χ3v) is 4.59. The van der Waals surface area contributed by atoms with Crippen LogP contribution >= 0.6 is 0 Å². The predicted molar refractivity (Wildman–Crippen MR) is 77.8 cm³/mol. The molecule has 1 aliphatic heterocycles. The smallest absolute Gasteiger partial charge is 0.328 e. The van der Waals surface area contributed by atoms with Crippen LogP contribution in [0.1, 0.15) is 43.9 Å². The van der Waals surface area contributed by atoms with Gasteiger partial charge < -0.3 is 5.73 Å². The van der Waals surface area contributed by atoms with Crippen molar-refractivity contribution in [1.82, 2.24) is 4.90 Å². The lowest BCUT2D eigenvalue weighted by atomic mass is 9.89. The highest BCUT2D eigenvalue weighted by atomic mass is 19.4. The third-order valence-electron chi connectivity index (χ3n) is 4.59. The summed E-state index contributed by atoms with van der Waals surface area (Å²) < 4.78 is 37.7. The molecule has 5 heteroatoms. The first-order valence-corrected chi connectivity index (χ1v) is 7.46. The number of halogens is 3. The minimum atomic E-state index is -4.27. The van der Waals surface area contributed by atoms with Crippen molar-refractivity contribution in [3.05, 3.63) is 35.4 Å². The summed E-state index contributed by atoms with van der Waals surface area (Å²) in [6, 6.07) is 5.87. The van der Waals surface area contributed by atoms with Gasteiger partial charge in [0, 0.05) is 12.1 Å². The molecule has 2 rings (SSSR count). The molecule has 1 aromatic carbocycles. The number of alkyl halides is 3. The van der Waals surface area contributed by atoms with Crippen molar-refractivity contribution in [2.45, 2.75) is 44.9 Å². The molecule has 2 N–H and O–H groups in total. The van der Waals surface area contributed by atoms with Crippen molar-refractivity contribution < 1.29 is 13.2 Å². The maximum Gasteiger partial charge on any atom is 0.416 e. The Morgan fingerprint density at radius 2 is 1.62 bits per heavy atom. The van der Waals surface area contributed by atoms with Crippen LogP contribution in [0.15, 0.2) is 24.3 Å². The number of nitrogens with two attached hydrogens (primary N) is 1. The molecule has 1 fully saturated rings. The van der Waals surface area contributed by atoms with Gasteiger partial charge in [-0.15, -0.1) is 0 Å². The molecule has 2 unspecified atom stereocenters. The predicted octanol–water partition coefficient (Wildman–Crippen LogP) is 3.83. The Morgan fingerprint density at radius 3 is 2.05 bits per heavy atom. The number of likely N-dealkylation sites (tertiary alicyclic amines) is 1. The Kier molecular flexibility index (Phi) is 4.94. The molecule has 0 saturated carbocycles. The van der Waals surface area contributed by atoms with Crippen LogP contribution in [0.5, 0.6) is 0 Å². The van der Waals surface area contributed by atoms with E-state index in [0.29, 0.717) is 5.92 Å². The van der Waals surface area contributed by atoms with Crippen molar-refractivity contribution in [2.24, 2.45) is 11.7 Å². The molecule has 2 nitrogen and oxygen atoms in total. The Balaban J connectivity index is 1.99. The van der Waals surface area contributed by atoms with Gasteiger partial charge in [0.2, 0.25) is 0 Å². The number of nitrogens with zero attached hydrogens (tertiary/aromatic N) is 1. The topological polar surface area (TPSA) is 29.3 Å². The van der Waals surface area contributed by atoms with Crippen LogP contribution < -0.4 is 5.73 Å². The van der Waals surface area contributed by atoms with E-state index in [4.69, 9.17) is 5.73 Å². The van der Waals surface area contributed by atoms with Gasteiger partial charge in [0.25, 0.3) is 0 Å². The third kappa shape index (κ3) is 3.98. The van der Waals surface area contributed by atoms with E-state index in [1.54, 1.807) is 12.1 Å². The van der Waals surface area contributed by atoms with Crippen LogP contribution in [0, 0.1) is 5.92 Å². The monoisotopic (exact) mass is 300 g/mol. The first-order chi connectivity index (χ1) is 9.79. The lowest BCUT2D eigenvalue weighted by molar-refractivity contribution is -0.137. The van der Waals surface area contributed by atoms with Gasteiger partial charge in [-0.05, 0) is 63.4 Å². The second-order valence-electron chi connectivity index (χ2n) is 6.03. The van der Waals surface area contributed by atoms with Crippen LogP contribution in [-0.4, -0.2) is 24.0 Å². The fraction of sp³-hybridized carbons (Fsp3) is 0.625. The lowest BCUT2D eigenvalue weighted by Crippen LogP contribution is -2.40. The van der Waals surface area contributed by atoms with Gasteiger partial charge in [0.1, 0.15) is 0 Å². The van der Waals surface area contributed by atoms with Crippen molar-refractivity contribution in [3.63, 3.8) is 0 Å². The summed E-state index contributed by atoms with van der Waals surface area (Å²) in [5.74, 6) is 0.557. The van der Waals surface area contributed by atoms with Crippen LogP contribution in [0.25, 0.3) is 0 Å². The minimum absolute atomic E-state index is 0.140. The number of hydrogen-bond acceptors (Lipinski definition) is 2. The zero-order valence-electron chi connectivity index (χ0n) is 12.5. The highest BCUT2D eigenvalue weighted by molar-refractivity contribution is 5.26. The van der Waals surface area contributed by atoms with E-state index in [9.17, 15) is 13.2 Å². The SMILES string of the molecule is CC(N)C1CCN(C(C)c2ccc(C(F)(F)F)cc2)CC1. The minimum Gasteiger partial charge on any atom is -0.328 e. The number of hydrogen-bond donors (Lipinski definition) is 1. The van der Waals surface area contributed by atoms with Crippen LogP contribution in [0.4, 0.5) is 13.2 Å². The summed E-state index contributed by atoms with van der Waals surface area (Å²) in [7, 11) is 0. The standard InChI is InChI=1S/C16H23F3N2/c1-11(20)13-7-9-21(10-8-13)12(2)14-3-5-15(6-4-14)16(17,18)19/h3-6,11-13H,7-10,20H2,1-2H3. The number of piperidine rings is 1. The van der Waals surface area contributed by atoms with E-state index in [1.165, 1.54) is 12.1 Å². The zero-order valence-corrected chi connectivity index (χ0v) is 12.5. The molecule has 0 amide bonds. The summed E-state index contributed by atoms with van der Waals surface area (Å²) in [5, 5.41) is 0. The Labute approximate surface area is 124 Å². The molecule has 21 heavy (non-hydrogen) atoms. The first kappa shape index (κ1) is 16.3. The van der Waals surface area contributed by atoms with E-state index in [1.807, 2.05) is 6.92 Å². The molecule has 1 saturated heterocycles. The number of benzene rings is 1. The summed E-state index contributed by atoms with van der Waals surface area (Å²) in [6.45, 7) is 6.00. The molecule has 2 atom stereocenters. The van der Waals surface area contributed by atoms with Gasteiger partial charge >= 0.3 is 6.18 Å². The van der Waals surface area contributed by atoms with Gasteiger partial charge in [0.05, 0.1) is 5.56 Å². The van der Waals surface area contributed by atoms with Gasteiger partial charge in [-0.25, -0.2) is 0 Å². The average molecular weight is 300 g/mol. The fourth-order valence-electron chi connectivity index (χ4n) is 2.99. The van der Waals surface area contributed by atoms with E-state index in [2.05, 4.69) is 11.8 Å².